The van der Waals surface area contributed by atoms with Crippen molar-refractivity contribution in [3.8, 4) is 11.1 Å². The van der Waals surface area contributed by atoms with Crippen LogP contribution in [0, 0.1) is 0 Å². The number of aliphatic hydroxyl groups is 1. The van der Waals surface area contributed by atoms with Crippen LogP contribution < -0.4 is 10.6 Å². The Morgan fingerprint density at radius 3 is 2.35 bits per heavy atom. The highest BCUT2D eigenvalue weighted by atomic mass is 16.7. The first kappa shape index (κ1) is 37.2. The lowest BCUT2D eigenvalue weighted by Gasteiger charge is -2.38. The zero-order valence-corrected chi connectivity index (χ0v) is 29.9. The number of nitrogens with zero attached hydrogens (tertiary/aromatic N) is 1. The van der Waals surface area contributed by atoms with Gasteiger partial charge in [-0.15, -0.1) is 0 Å². The van der Waals surface area contributed by atoms with Gasteiger partial charge in [0.2, 0.25) is 0 Å². The van der Waals surface area contributed by atoms with E-state index in [0.29, 0.717) is 12.5 Å². The van der Waals surface area contributed by atoms with E-state index in [4.69, 9.17) is 18.9 Å². The van der Waals surface area contributed by atoms with E-state index in [1.165, 1.54) is 7.11 Å². The van der Waals surface area contributed by atoms with Crippen molar-refractivity contribution in [1.29, 1.82) is 0 Å². The summed E-state index contributed by atoms with van der Waals surface area (Å²) in [5.74, 6) is -0.501. The lowest BCUT2D eigenvalue weighted by atomic mass is 9.98. The van der Waals surface area contributed by atoms with E-state index in [1.54, 1.807) is 7.11 Å². The fourth-order valence-electron chi connectivity index (χ4n) is 7.08. The molecule has 2 heterocycles. The Bertz CT molecular complexity index is 1730. The lowest BCUT2D eigenvalue weighted by molar-refractivity contribution is -0.253. The molecular formula is C42H49N3O7. The number of urea groups is 1. The molecule has 2 aliphatic heterocycles. The van der Waals surface area contributed by atoms with Gasteiger partial charge in [0.15, 0.2) is 6.29 Å². The number of methoxy groups -OCH3 is 2. The molecule has 0 bridgehead atoms. The maximum atomic E-state index is 12.8. The number of nitrogens with one attached hydrogen (secondary N) is 2. The fraction of sp³-hybridized carbons (Fsp3) is 0.381. The minimum Gasteiger partial charge on any atom is -0.467 e. The van der Waals surface area contributed by atoms with Crippen molar-refractivity contribution in [2.75, 3.05) is 33.9 Å². The smallest absolute Gasteiger partial charge is 0.328 e. The predicted molar refractivity (Wildman–Crippen MR) is 198 cm³/mol. The van der Waals surface area contributed by atoms with Crippen molar-refractivity contribution in [3.05, 3.63) is 131 Å². The monoisotopic (exact) mass is 707 g/mol. The standard InChI is InChI=1S/C42H49N3O7/c1-49-28-36-12-7-21-45(36)26-37-24-39(33-15-13-30(27-46)14-16-33)52-41(51-37)34-19-17-32(18-20-34)35-11-6-10-31(22-35)25-43-42(48)44-38(40(47)50-2)23-29-8-4-3-5-9-29/h3-6,8-11,13-20,22,36-39,41,46H,7,12,21,23-28H2,1-2H3,(H2,43,44,48)/t36-,37+,38-,39-,41-/m0/s1. The number of carbonyl (C=O) groups excluding carboxylic acids is 2. The first-order valence-electron chi connectivity index (χ1n) is 18.0. The van der Waals surface area contributed by atoms with Crippen molar-refractivity contribution in [2.45, 2.75) is 69.4 Å². The van der Waals surface area contributed by atoms with Crippen LogP contribution in [0.15, 0.2) is 103 Å². The molecule has 0 radical (unpaired) electrons. The number of aliphatic hydroxyl groups excluding tert-OH is 1. The summed E-state index contributed by atoms with van der Waals surface area (Å²) in [5.41, 5.74) is 6.74. The Balaban J connectivity index is 1.11. The quantitative estimate of drug-likeness (QED) is 0.135. The first-order valence-corrected chi connectivity index (χ1v) is 18.0. The third kappa shape index (κ3) is 9.84. The van der Waals surface area contributed by atoms with E-state index in [9.17, 15) is 14.7 Å². The maximum Gasteiger partial charge on any atom is 0.328 e. The summed E-state index contributed by atoms with van der Waals surface area (Å²) < 4.78 is 23.7. The van der Waals surface area contributed by atoms with Gasteiger partial charge in [0.1, 0.15) is 6.04 Å². The Labute approximate surface area is 306 Å². The van der Waals surface area contributed by atoms with Crippen LogP contribution >= 0.6 is 0 Å². The SMILES string of the molecule is COC[C@@H]1CCCN1C[C@H]1C[C@@H](c2ccc(CO)cc2)O[C@@H](c2ccc(-c3cccc(CNC(=O)N[C@@H](Cc4ccccc4)C(=O)OC)c3)cc2)O1. The molecule has 3 N–H and O–H groups in total. The van der Waals surface area contributed by atoms with E-state index in [-0.39, 0.29) is 25.4 Å². The molecule has 0 saturated carbocycles. The van der Waals surface area contributed by atoms with Crippen LogP contribution in [0.3, 0.4) is 0 Å². The topological polar surface area (TPSA) is 119 Å². The number of esters is 1. The van der Waals surface area contributed by atoms with Gasteiger partial charge in [-0.1, -0.05) is 97.1 Å². The highest BCUT2D eigenvalue weighted by Gasteiger charge is 2.35. The number of benzene rings is 4. The predicted octanol–water partition coefficient (Wildman–Crippen LogP) is 6.09. The van der Waals surface area contributed by atoms with Gasteiger partial charge in [0.05, 0.1) is 32.5 Å². The molecule has 2 amide bonds. The van der Waals surface area contributed by atoms with E-state index in [2.05, 4.69) is 39.8 Å². The summed E-state index contributed by atoms with van der Waals surface area (Å²) in [7, 11) is 3.07. The number of hydrogen-bond donors (Lipinski definition) is 3. The van der Waals surface area contributed by atoms with Crippen molar-refractivity contribution in [2.24, 2.45) is 0 Å². The molecule has 0 unspecified atom stereocenters. The van der Waals surface area contributed by atoms with Gasteiger partial charge in [-0.05, 0) is 58.8 Å². The van der Waals surface area contributed by atoms with Gasteiger partial charge in [-0.2, -0.15) is 0 Å². The average Bonchev–Trinajstić information content (AvgIpc) is 3.63. The molecule has 4 aromatic carbocycles. The molecule has 274 valence electrons. The zero-order valence-electron chi connectivity index (χ0n) is 29.9. The summed E-state index contributed by atoms with van der Waals surface area (Å²) >= 11 is 0. The Hall–Kier alpha value is -4.58. The highest BCUT2D eigenvalue weighted by Crippen LogP contribution is 2.39. The second kappa shape index (κ2) is 18.3. The van der Waals surface area contributed by atoms with Crippen LogP contribution in [0.2, 0.25) is 0 Å². The first-order chi connectivity index (χ1) is 25.4. The van der Waals surface area contributed by atoms with Crippen LogP contribution in [0.4, 0.5) is 4.79 Å². The normalized spacial score (nSPS) is 21.0. The molecule has 6 rings (SSSR count). The maximum absolute atomic E-state index is 12.8. The largest absolute Gasteiger partial charge is 0.467 e. The highest BCUT2D eigenvalue weighted by molar-refractivity contribution is 5.83. The third-order valence-electron chi connectivity index (χ3n) is 9.88. The van der Waals surface area contributed by atoms with E-state index < -0.39 is 24.3 Å². The van der Waals surface area contributed by atoms with Crippen LogP contribution in [-0.4, -0.2) is 74.1 Å². The molecule has 2 aliphatic rings. The summed E-state index contributed by atoms with van der Waals surface area (Å²) in [6.45, 7) is 2.85. The number of amides is 2. The van der Waals surface area contributed by atoms with Crippen molar-refractivity contribution in [1.82, 2.24) is 15.5 Å². The van der Waals surface area contributed by atoms with Crippen molar-refractivity contribution < 1.29 is 33.6 Å². The van der Waals surface area contributed by atoms with Crippen LogP contribution in [-0.2, 0) is 43.3 Å². The second-order valence-corrected chi connectivity index (χ2v) is 13.5. The van der Waals surface area contributed by atoms with Gasteiger partial charge in [-0.25, -0.2) is 9.59 Å². The summed E-state index contributed by atoms with van der Waals surface area (Å²) in [4.78, 5) is 27.7. The minimum atomic E-state index is -0.806. The van der Waals surface area contributed by atoms with Gasteiger partial charge in [-0.3, -0.25) is 4.90 Å². The van der Waals surface area contributed by atoms with Gasteiger partial charge >= 0.3 is 12.0 Å². The van der Waals surface area contributed by atoms with Crippen molar-refractivity contribution in [3.63, 3.8) is 0 Å². The van der Waals surface area contributed by atoms with E-state index in [0.717, 1.165) is 77.9 Å². The van der Waals surface area contributed by atoms with Gasteiger partial charge < -0.3 is 34.7 Å². The molecular weight excluding hydrogens is 658 g/mol. The summed E-state index contributed by atoms with van der Waals surface area (Å²) in [5, 5.41) is 15.2. The molecule has 0 spiro atoms. The number of rotatable bonds is 14. The molecule has 4 aromatic rings. The molecule has 2 saturated heterocycles. The Morgan fingerprint density at radius 1 is 0.865 bits per heavy atom. The summed E-state index contributed by atoms with van der Waals surface area (Å²) in [6.07, 6.45) is 2.63. The van der Waals surface area contributed by atoms with E-state index in [1.807, 2.05) is 78.9 Å². The van der Waals surface area contributed by atoms with Crippen LogP contribution in [0.25, 0.3) is 11.1 Å². The Morgan fingerprint density at radius 2 is 1.62 bits per heavy atom. The molecule has 10 heteroatoms. The minimum absolute atomic E-state index is 0.00374. The van der Waals surface area contributed by atoms with E-state index >= 15 is 0 Å². The van der Waals surface area contributed by atoms with Crippen molar-refractivity contribution >= 4 is 12.0 Å². The van der Waals surface area contributed by atoms with Gasteiger partial charge in [0.25, 0.3) is 0 Å². The third-order valence-corrected chi connectivity index (χ3v) is 9.88. The molecule has 10 nitrogen and oxygen atoms in total. The molecule has 5 atom stereocenters. The number of carbonyl (C=O) groups is 2. The molecule has 52 heavy (non-hydrogen) atoms. The average molecular weight is 708 g/mol. The number of ether oxygens (including phenoxy) is 4. The summed E-state index contributed by atoms with van der Waals surface area (Å²) in [6, 6.07) is 32.8. The number of hydrogen-bond acceptors (Lipinski definition) is 8. The lowest BCUT2D eigenvalue weighted by Crippen LogP contribution is -2.47. The molecule has 0 aromatic heterocycles. The zero-order chi connectivity index (χ0) is 36.3. The molecule has 0 aliphatic carbocycles. The van der Waals surface area contributed by atoms with Gasteiger partial charge in [0, 0.05) is 44.6 Å². The fourth-order valence-corrected chi connectivity index (χ4v) is 7.08. The van der Waals surface area contributed by atoms with Crippen LogP contribution in [0.5, 0.6) is 0 Å². The molecule has 2 fully saturated rings. The number of likely N-dealkylation sites (tertiary alicyclic amines) is 1. The Kier molecular flexibility index (Phi) is 13.1. The van der Waals surface area contributed by atoms with Crippen LogP contribution in [0.1, 0.15) is 59.5 Å². The second-order valence-electron chi connectivity index (χ2n) is 13.5.